The van der Waals surface area contributed by atoms with Crippen molar-refractivity contribution in [1.82, 2.24) is 10.3 Å². The highest BCUT2D eigenvalue weighted by Gasteiger charge is 2.23. The third-order valence-electron chi connectivity index (χ3n) is 4.62. The summed E-state index contributed by atoms with van der Waals surface area (Å²) in [7, 11) is 0. The van der Waals surface area contributed by atoms with Crippen LogP contribution in [0.1, 0.15) is 43.2 Å². The first kappa shape index (κ1) is 20.0. The number of nitrogens with zero attached hydrogens (tertiary/aromatic N) is 2. The SMILES string of the molecule is CCCNc1nc(-c2ccccc2O)cc(C2CCCNC2)c1C#N.Cl. The molecule has 2 heterocycles. The number of halogens is 1. The summed E-state index contributed by atoms with van der Waals surface area (Å²) in [4.78, 5) is 4.65. The van der Waals surface area contributed by atoms with E-state index in [2.05, 4.69) is 28.6 Å². The van der Waals surface area contributed by atoms with Crippen molar-refractivity contribution in [2.75, 3.05) is 25.0 Å². The monoisotopic (exact) mass is 372 g/mol. The maximum absolute atomic E-state index is 10.2. The van der Waals surface area contributed by atoms with Gasteiger partial charge in [0.05, 0.1) is 11.3 Å². The number of piperidine rings is 1. The third-order valence-corrected chi connectivity index (χ3v) is 4.62. The van der Waals surface area contributed by atoms with Crippen LogP contribution in [-0.2, 0) is 0 Å². The largest absolute Gasteiger partial charge is 0.507 e. The van der Waals surface area contributed by atoms with Crippen LogP contribution in [0.2, 0.25) is 0 Å². The molecule has 1 fully saturated rings. The van der Waals surface area contributed by atoms with Crippen molar-refractivity contribution in [1.29, 1.82) is 5.26 Å². The zero-order valence-corrected chi connectivity index (χ0v) is 15.8. The topological polar surface area (TPSA) is 81.0 Å². The lowest BCUT2D eigenvalue weighted by atomic mass is 9.88. The number of nitriles is 1. The number of hydrogen-bond donors (Lipinski definition) is 3. The number of anilines is 1. The van der Waals surface area contributed by atoms with Gasteiger partial charge in [0, 0.05) is 18.7 Å². The standard InChI is InChI=1S/C20H24N4O.ClH/c1-2-9-23-20-17(12-21)16(14-6-5-10-22-13-14)11-18(24-20)15-7-3-4-8-19(15)25;/h3-4,7-8,11,14,22,25H,2,5-6,9-10,13H2,1H3,(H,23,24);1H. The second kappa shape index (κ2) is 9.42. The molecule has 1 aliphatic rings. The number of aromatic hydroxyl groups is 1. The Morgan fingerprint density at radius 1 is 1.38 bits per heavy atom. The normalized spacial score (nSPS) is 16.4. The van der Waals surface area contributed by atoms with Crippen LogP contribution in [-0.4, -0.2) is 29.7 Å². The average molecular weight is 373 g/mol. The summed E-state index contributed by atoms with van der Waals surface area (Å²) < 4.78 is 0. The number of rotatable bonds is 5. The van der Waals surface area contributed by atoms with E-state index in [1.165, 1.54) is 0 Å². The van der Waals surface area contributed by atoms with Crippen LogP contribution in [0, 0.1) is 11.3 Å². The van der Waals surface area contributed by atoms with Gasteiger partial charge in [-0.1, -0.05) is 19.1 Å². The van der Waals surface area contributed by atoms with E-state index in [9.17, 15) is 10.4 Å². The van der Waals surface area contributed by atoms with E-state index in [-0.39, 0.29) is 24.1 Å². The predicted molar refractivity (Wildman–Crippen MR) is 107 cm³/mol. The van der Waals surface area contributed by atoms with Crippen molar-refractivity contribution in [2.24, 2.45) is 0 Å². The Morgan fingerprint density at radius 2 is 2.19 bits per heavy atom. The van der Waals surface area contributed by atoms with Crippen molar-refractivity contribution in [3.8, 4) is 23.1 Å². The lowest BCUT2D eigenvalue weighted by Gasteiger charge is -2.25. The molecule has 2 aromatic rings. The van der Waals surface area contributed by atoms with Crippen LogP contribution in [0.3, 0.4) is 0 Å². The highest BCUT2D eigenvalue weighted by atomic mass is 35.5. The fourth-order valence-electron chi connectivity index (χ4n) is 3.32. The highest BCUT2D eigenvalue weighted by Crippen LogP contribution is 2.35. The Bertz CT molecular complexity index is 782. The van der Waals surface area contributed by atoms with E-state index < -0.39 is 0 Å². The number of para-hydroxylation sites is 1. The molecule has 0 amide bonds. The molecule has 0 radical (unpaired) electrons. The van der Waals surface area contributed by atoms with Gasteiger partial charge in [0.1, 0.15) is 17.6 Å². The first-order chi connectivity index (χ1) is 12.2. The molecule has 1 aliphatic heterocycles. The molecule has 5 nitrogen and oxygen atoms in total. The van der Waals surface area contributed by atoms with Gasteiger partial charge in [-0.05, 0) is 55.5 Å². The summed E-state index contributed by atoms with van der Waals surface area (Å²) in [6.07, 6.45) is 3.11. The van der Waals surface area contributed by atoms with Crippen LogP contribution in [0.25, 0.3) is 11.3 Å². The van der Waals surface area contributed by atoms with E-state index >= 15 is 0 Å². The second-order valence-corrected chi connectivity index (χ2v) is 6.42. The van der Waals surface area contributed by atoms with Crippen LogP contribution < -0.4 is 10.6 Å². The molecule has 1 aromatic heterocycles. The highest BCUT2D eigenvalue weighted by molar-refractivity contribution is 5.85. The molecular weight excluding hydrogens is 348 g/mol. The minimum absolute atomic E-state index is 0. The van der Waals surface area contributed by atoms with E-state index in [1.54, 1.807) is 12.1 Å². The molecule has 1 unspecified atom stereocenters. The summed E-state index contributed by atoms with van der Waals surface area (Å²) in [5.74, 6) is 1.11. The van der Waals surface area contributed by atoms with Crippen LogP contribution >= 0.6 is 12.4 Å². The number of hydrogen-bond acceptors (Lipinski definition) is 5. The lowest BCUT2D eigenvalue weighted by Crippen LogP contribution is -2.29. The van der Waals surface area contributed by atoms with Gasteiger partial charge in [-0.3, -0.25) is 0 Å². The van der Waals surface area contributed by atoms with E-state index in [4.69, 9.17) is 0 Å². The Balaban J connectivity index is 0.00000243. The molecule has 0 bridgehead atoms. The zero-order valence-electron chi connectivity index (χ0n) is 15.0. The number of nitrogens with one attached hydrogen (secondary N) is 2. The molecule has 3 rings (SSSR count). The average Bonchev–Trinajstić information content (AvgIpc) is 2.66. The molecule has 3 N–H and O–H groups in total. The maximum atomic E-state index is 10.2. The minimum atomic E-state index is 0. The molecule has 1 atom stereocenters. The van der Waals surface area contributed by atoms with Gasteiger partial charge in [-0.15, -0.1) is 12.4 Å². The third kappa shape index (κ3) is 4.27. The first-order valence-corrected chi connectivity index (χ1v) is 8.92. The van der Waals surface area contributed by atoms with Gasteiger partial charge < -0.3 is 15.7 Å². The molecule has 1 saturated heterocycles. The summed E-state index contributed by atoms with van der Waals surface area (Å²) in [6.45, 7) is 4.73. The summed E-state index contributed by atoms with van der Waals surface area (Å²) in [6, 6.07) is 11.5. The first-order valence-electron chi connectivity index (χ1n) is 8.92. The molecular formula is C20H25ClN4O. The lowest BCUT2D eigenvalue weighted by molar-refractivity contribution is 0.461. The Morgan fingerprint density at radius 3 is 2.85 bits per heavy atom. The Labute approximate surface area is 160 Å². The van der Waals surface area contributed by atoms with Gasteiger partial charge in [-0.2, -0.15) is 5.26 Å². The van der Waals surface area contributed by atoms with Crippen LogP contribution in [0.5, 0.6) is 5.75 Å². The molecule has 0 aliphatic carbocycles. The number of phenols is 1. The maximum Gasteiger partial charge on any atom is 0.144 e. The number of pyridine rings is 1. The van der Waals surface area contributed by atoms with Crippen molar-refractivity contribution in [3.05, 3.63) is 41.5 Å². The van der Waals surface area contributed by atoms with Crippen molar-refractivity contribution < 1.29 is 5.11 Å². The van der Waals surface area contributed by atoms with Crippen molar-refractivity contribution in [2.45, 2.75) is 32.1 Å². The minimum Gasteiger partial charge on any atom is -0.507 e. The fraction of sp³-hybridized carbons (Fsp3) is 0.400. The molecule has 6 heteroatoms. The Kier molecular flexibility index (Phi) is 7.26. The van der Waals surface area contributed by atoms with Gasteiger partial charge in [0.25, 0.3) is 0 Å². The number of phenolic OH excluding ortho intramolecular Hbond substituents is 1. The van der Waals surface area contributed by atoms with E-state index in [0.29, 0.717) is 22.6 Å². The second-order valence-electron chi connectivity index (χ2n) is 6.42. The quantitative estimate of drug-likeness (QED) is 0.738. The molecule has 26 heavy (non-hydrogen) atoms. The molecule has 138 valence electrons. The molecule has 1 aromatic carbocycles. The number of benzene rings is 1. The predicted octanol–water partition coefficient (Wildman–Crippen LogP) is 4.04. The van der Waals surface area contributed by atoms with Gasteiger partial charge in [0.2, 0.25) is 0 Å². The van der Waals surface area contributed by atoms with Crippen molar-refractivity contribution >= 4 is 18.2 Å². The van der Waals surface area contributed by atoms with Crippen LogP contribution in [0.15, 0.2) is 30.3 Å². The van der Waals surface area contributed by atoms with Gasteiger partial charge in [-0.25, -0.2) is 4.98 Å². The van der Waals surface area contributed by atoms with Gasteiger partial charge >= 0.3 is 0 Å². The summed E-state index contributed by atoms with van der Waals surface area (Å²) in [5, 5.41) is 26.7. The summed E-state index contributed by atoms with van der Waals surface area (Å²) >= 11 is 0. The fourth-order valence-corrected chi connectivity index (χ4v) is 3.32. The van der Waals surface area contributed by atoms with Crippen LogP contribution in [0.4, 0.5) is 5.82 Å². The molecule has 0 saturated carbocycles. The number of aromatic nitrogens is 1. The Hall–Kier alpha value is -2.29. The van der Waals surface area contributed by atoms with Crippen molar-refractivity contribution in [3.63, 3.8) is 0 Å². The summed E-state index contributed by atoms with van der Waals surface area (Å²) in [5.41, 5.74) is 3.04. The van der Waals surface area contributed by atoms with Gasteiger partial charge in [0.15, 0.2) is 0 Å². The van der Waals surface area contributed by atoms with E-state index in [1.807, 2.05) is 18.2 Å². The smallest absolute Gasteiger partial charge is 0.144 e. The molecule has 0 spiro atoms. The zero-order chi connectivity index (χ0) is 17.6. The van der Waals surface area contributed by atoms with E-state index in [0.717, 1.165) is 44.5 Å².